The first-order valence-corrected chi connectivity index (χ1v) is 12.6. The molecule has 0 bridgehead atoms. The van der Waals surface area contributed by atoms with Crippen molar-refractivity contribution in [3.63, 3.8) is 0 Å². The van der Waals surface area contributed by atoms with Crippen molar-refractivity contribution in [2.75, 3.05) is 6.61 Å². The topological polar surface area (TPSA) is 137 Å². The Morgan fingerprint density at radius 3 is 1.84 bits per heavy atom. The molecular weight excluding hydrogens is 416 g/mol. The maximum absolute atomic E-state index is 12.5. The summed E-state index contributed by atoms with van der Waals surface area (Å²) in [5, 5.41) is 49.3. The fourth-order valence-electron chi connectivity index (χ4n) is 4.16. The second kappa shape index (κ2) is 16.0. The largest absolute Gasteiger partial charge is 0.405 e. The van der Waals surface area contributed by atoms with Crippen LogP contribution in [-0.4, -0.2) is 68.5 Å². The summed E-state index contributed by atoms with van der Waals surface area (Å²) in [5.74, 6) is -4.03. The molecular formula is C24H46O8. The molecule has 6 atom stereocenters. The molecule has 0 aliphatic carbocycles. The van der Waals surface area contributed by atoms with Crippen LogP contribution in [0.4, 0.5) is 0 Å². The minimum Gasteiger partial charge on any atom is -0.405 e. The molecule has 32 heavy (non-hydrogen) atoms. The van der Waals surface area contributed by atoms with E-state index in [2.05, 4.69) is 6.92 Å². The van der Waals surface area contributed by atoms with Gasteiger partial charge in [0.1, 0.15) is 18.3 Å². The lowest BCUT2D eigenvalue weighted by Gasteiger charge is -2.44. The Morgan fingerprint density at radius 1 is 0.875 bits per heavy atom. The molecule has 1 aliphatic heterocycles. The zero-order valence-electron chi connectivity index (χ0n) is 20.0. The lowest BCUT2D eigenvalue weighted by atomic mass is 9.96. The molecule has 0 spiro atoms. The van der Waals surface area contributed by atoms with Crippen LogP contribution in [0.3, 0.4) is 0 Å². The van der Waals surface area contributed by atoms with Crippen LogP contribution in [0.5, 0.6) is 0 Å². The summed E-state index contributed by atoms with van der Waals surface area (Å²) < 4.78 is 10.0. The Labute approximate surface area is 192 Å². The van der Waals surface area contributed by atoms with Crippen LogP contribution in [-0.2, 0) is 14.3 Å². The predicted octanol–water partition coefficient (Wildman–Crippen LogP) is 2.77. The molecule has 0 saturated carbocycles. The standard InChI is InChI=1S/C24H46O8/c1-3-5-6-7-8-9-10-11-12-13-14-15-16-18(4-2)23(29)32-24(30)22(28)21(27)20(26)19(17-25)31-24/h18-22,25-28,30H,3-17H2,1-2H3/t18?,19-,20-,21+,22-,24?/m1/s1. The van der Waals surface area contributed by atoms with Crippen LogP contribution in [0.2, 0.25) is 0 Å². The highest BCUT2D eigenvalue weighted by Crippen LogP contribution is 2.31. The lowest BCUT2D eigenvalue weighted by Crippen LogP contribution is -2.66. The third-order valence-electron chi connectivity index (χ3n) is 6.41. The summed E-state index contributed by atoms with van der Waals surface area (Å²) in [6.07, 6.45) is 8.90. The highest BCUT2D eigenvalue weighted by Gasteiger charge is 2.56. The molecule has 5 N–H and O–H groups in total. The molecule has 0 aromatic carbocycles. The Bertz CT molecular complexity index is 500. The summed E-state index contributed by atoms with van der Waals surface area (Å²) >= 11 is 0. The smallest absolute Gasteiger partial charge is 0.357 e. The second-order valence-corrected chi connectivity index (χ2v) is 9.10. The third kappa shape index (κ3) is 9.61. The van der Waals surface area contributed by atoms with Gasteiger partial charge >= 0.3 is 11.9 Å². The van der Waals surface area contributed by atoms with Gasteiger partial charge in [0.2, 0.25) is 0 Å². The predicted molar refractivity (Wildman–Crippen MR) is 120 cm³/mol. The summed E-state index contributed by atoms with van der Waals surface area (Å²) in [4.78, 5) is 12.5. The van der Waals surface area contributed by atoms with Crippen molar-refractivity contribution in [2.45, 2.75) is 134 Å². The maximum Gasteiger partial charge on any atom is 0.357 e. The lowest BCUT2D eigenvalue weighted by molar-refractivity contribution is -0.435. The van der Waals surface area contributed by atoms with Crippen molar-refractivity contribution in [2.24, 2.45) is 5.92 Å². The number of unbranched alkanes of at least 4 members (excludes halogenated alkanes) is 11. The summed E-state index contributed by atoms with van der Waals surface area (Å²) in [7, 11) is 0. The zero-order valence-corrected chi connectivity index (χ0v) is 20.0. The first-order chi connectivity index (χ1) is 15.3. The first-order valence-electron chi connectivity index (χ1n) is 12.6. The number of hydrogen-bond acceptors (Lipinski definition) is 8. The number of aliphatic hydroxyl groups is 5. The molecule has 8 heteroatoms. The van der Waals surface area contributed by atoms with Crippen LogP contribution in [0.1, 0.15) is 104 Å². The van der Waals surface area contributed by atoms with E-state index >= 15 is 0 Å². The number of esters is 1. The normalized spacial score (nSPS) is 29.1. The Balaban J connectivity index is 2.27. The third-order valence-corrected chi connectivity index (χ3v) is 6.41. The van der Waals surface area contributed by atoms with E-state index in [1.54, 1.807) is 0 Å². The van der Waals surface area contributed by atoms with Crippen molar-refractivity contribution in [3.05, 3.63) is 0 Å². The van der Waals surface area contributed by atoms with Gasteiger partial charge in [-0.25, -0.2) is 0 Å². The van der Waals surface area contributed by atoms with Gasteiger partial charge in [-0.3, -0.25) is 4.79 Å². The van der Waals surface area contributed by atoms with E-state index in [1.165, 1.54) is 57.8 Å². The van der Waals surface area contributed by atoms with Gasteiger partial charge in [0.15, 0.2) is 6.10 Å². The van der Waals surface area contributed by atoms with Gasteiger partial charge in [0.05, 0.1) is 12.5 Å². The van der Waals surface area contributed by atoms with Gasteiger partial charge in [-0.1, -0.05) is 90.9 Å². The second-order valence-electron chi connectivity index (χ2n) is 9.10. The fourth-order valence-corrected chi connectivity index (χ4v) is 4.16. The van der Waals surface area contributed by atoms with Crippen molar-refractivity contribution in [3.8, 4) is 0 Å². The number of aliphatic hydroxyl groups excluding tert-OH is 4. The zero-order chi connectivity index (χ0) is 24.0. The molecule has 1 rings (SSSR count). The van der Waals surface area contributed by atoms with Crippen LogP contribution in [0.15, 0.2) is 0 Å². The number of rotatable bonds is 17. The van der Waals surface area contributed by atoms with Crippen LogP contribution >= 0.6 is 0 Å². The van der Waals surface area contributed by atoms with Crippen LogP contribution in [0, 0.1) is 5.92 Å². The molecule has 0 aromatic heterocycles. The van der Waals surface area contributed by atoms with E-state index in [0.29, 0.717) is 12.8 Å². The number of ether oxygens (including phenoxy) is 2. The highest BCUT2D eigenvalue weighted by atomic mass is 16.8. The summed E-state index contributed by atoms with van der Waals surface area (Å²) in [6.45, 7) is 3.35. The van der Waals surface area contributed by atoms with Gasteiger partial charge in [-0.2, -0.15) is 0 Å². The summed E-state index contributed by atoms with van der Waals surface area (Å²) in [6, 6.07) is 0. The molecule has 0 aromatic rings. The Morgan fingerprint density at radius 2 is 1.38 bits per heavy atom. The average Bonchev–Trinajstić information content (AvgIpc) is 2.78. The quantitative estimate of drug-likeness (QED) is 0.126. The Kier molecular flexibility index (Phi) is 14.6. The highest BCUT2D eigenvalue weighted by molar-refractivity contribution is 5.72. The van der Waals surface area contributed by atoms with Crippen molar-refractivity contribution in [1.29, 1.82) is 0 Å². The molecule has 0 amide bonds. The minimum absolute atomic E-state index is 0.477. The SMILES string of the molecule is CCCCCCCCCCCCCCC(CC)C(=O)OC1(O)O[C@H](CO)[C@@H](O)[C@H](O)[C@H]1O. The molecule has 1 aliphatic rings. The van der Waals surface area contributed by atoms with Gasteiger partial charge in [-0.05, 0) is 12.8 Å². The molecule has 2 unspecified atom stereocenters. The number of carbonyl (C=O) groups excluding carboxylic acids is 1. The molecule has 8 nitrogen and oxygen atoms in total. The average molecular weight is 463 g/mol. The van der Waals surface area contributed by atoms with E-state index in [1.807, 2.05) is 6.92 Å². The van der Waals surface area contributed by atoms with E-state index in [4.69, 9.17) is 9.47 Å². The first kappa shape index (κ1) is 29.3. The molecule has 1 fully saturated rings. The fraction of sp³-hybridized carbons (Fsp3) is 0.958. The monoisotopic (exact) mass is 462 g/mol. The van der Waals surface area contributed by atoms with E-state index in [0.717, 1.165) is 19.3 Å². The van der Waals surface area contributed by atoms with Crippen LogP contribution in [0.25, 0.3) is 0 Å². The molecule has 0 radical (unpaired) electrons. The number of carbonyl (C=O) groups is 1. The van der Waals surface area contributed by atoms with Crippen molar-refractivity contribution in [1.82, 2.24) is 0 Å². The molecule has 1 saturated heterocycles. The minimum atomic E-state index is -2.81. The Hall–Kier alpha value is -0.770. The van der Waals surface area contributed by atoms with E-state index in [9.17, 15) is 30.3 Å². The van der Waals surface area contributed by atoms with E-state index < -0.39 is 48.9 Å². The molecule has 190 valence electrons. The van der Waals surface area contributed by atoms with Gasteiger partial charge < -0.3 is 35.0 Å². The van der Waals surface area contributed by atoms with Gasteiger partial charge in [0, 0.05) is 0 Å². The molecule has 1 heterocycles. The van der Waals surface area contributed by atoms with E-state index in [-0.39, 0.29) is 0 Å². The maximum atomic E-state index is 12.5. The van der Waals surface area contributed by atoms with Gasteiger partial charge in [0.25, 0.3) is 0 Å². The summed E-state index contributed by atoms with van der Waals surface area (Å²) in [5.41, 5.74) is 0. The van der Waals surface area contributed by atoms with Crippen LogP contribution < -0.4 is 0 Å². The van der Waals surface area contributed by atoms with Gasteiger partial charge in [-0.15, -0.1) is 0 Å². The van der Waals surface area contributed by atoms with Crippen molar-refractivity contribution < 1.29 is 39.8 Å². The number of hydrogen-bond donors (Lipinski definition) is 5. The van der Waals surface area contributed by atoms with Crippen molar-refractivity contribution >= 4 is 5.97 Å².